The van der Waals surface area contributed by atoms with E-state index < -0.39 is 0 Å². The van der Waals surface area contributed by atoms with E-state index in [-0.39, 0.29) is 6.04 Å². The van der Waals surface area contributed by atoms with Gasteiger partial charge in [0.2, 0.25) is 0 Å². The summed E-state index contributed by atoms with van der Waals surface area (Å²) < 4.78 is 10.8. The van der Waals surface area contributed by atoms with Gasteiger partial charge in [0.05, 0.1) is 13.2 Å². The van der Waals surface area contributed by atoms with Gasteiger partial charge in [0.1, 0.15) is 5.75 Å². The van der Waals surface area contributed by atoms with Crippen molar-refractivity contribution >= 4 is 17.6 Å². The third-order valence-corrected chi connectivity index (χ3v) is 3.27. The minimum atomic E-state index is 0.212. The first-order valence-electron chi connectivity index (χ1n) is 7.42. The topological polar surface area (TPSA) is 54.9 Å². The number of nitrogens with one attached hydrogen (secondary N) is 2. The number of hydrogen-bond acceptors (Lipinski definition) is 3. The van der Waals surface area contributed by atoms with Gasteiger partial charge in [-0.25, -0.2) is 0 Å². The third kappa shape index (κ3) is 7.00. The van der Waals surface area contributed by atoms with Crippen LogP contribution < -0.4 is 15.4 Å². The summed E-state index contributed by atoms with van der Waals surface area (Å²) in [6, 6.07) is 5.85. The summed E-state index contributed by atoms with van der Waals surface area (Å²) in [5.74, 6) is 1.65. The molecule has 0 aromatic heterocycles. The van der Waals surface area contributed by atoms with Crippen molar-refractivity contribution in [3.63, 3.8) is 0 Å². The number of aryl methyl sites for hydroxylation is 1. The van der Waals surface area contributed by atoms with Gasteiger partial charge in [-0.05, 0) is 44.0 Å². The fraction of sp³-hybridized carbons (Fsp3) is 0.562. The molecule has 0 saturated carbocycles. The maximum absolute atomic E-state index is 5.92. The average Bonchev–Trinajstić information content (AvgIpc) is 2.47. The van der Waals surface area contributed by atoms with Gasteiger partial charge >= 0.3 is 0 Å². The molecule has 0 amide bonds. The molecule has 0 heterocycles. The standard InChI is InChI=1S/C16H26ClN3O2/c1-12-10-14(17)6-7-15(12)22-9-5-8-19-16(18-3)20-13(2)11-21-4/h6-7,10,13H,5,8-9,11H2,1-4H3,(H2,18,19,20). The van der Waals surface area contributed by atoms with Crippen LogP contribution in [0.1, 0.15) is 18.9 Å². The van der Waals surface area contributed by atoms with Crippen molar-refractivity contribution in [2.24, 2.45) is 4.99 Å². The maximum atomic E-state index is 5.92. The van der Waals surface area contributed by atoms with E-state index in [0.717, 1.165) is 35.3 Å². The molecule has 0 aliphatic rings. The number of ether oxygens (including phenoxy) is 2. The zero-order valence-corrected chi connectivity index (χ0v) is 14.5. The van der Waals surface area contributed by atoms with Crippen LogP contribution in [0.5, 0.6) is 5.75 Å². The molecule has 5 nitrogen and oxygen atoms in total. The predicted molar refractivity (Wildman–Crippen MR) is 92.1 cm³/mol. The van der Waals surface area contributed by atoms with Crippen LogP contribution in [-0.2, 0) is 4.74 Å². The summed E-state index contributed by atoms with van der Waals surface area (Å²) in [6.07, 6.45) is 0.876. The Balaban J connectivity index is 2.24. The molecule has 6 heteroatoms. The maximum Gasteiger partial charge on any atom is 0.191 e. The van der Waals surface area contributed by atoms with Gasteiger partial charge in [-0.2, -0.15) is 0 Å². The minimum Gasteiger partial charge on any atom is -0.493 e. The lowest BCUT2D eigenvalue weighted by Crippen LogP contribution is -2.44. The smallest absolute Gasteiger partial charge is 0.191 e. The Kier molecular flexibility index (Phi) is 8.70. The molecule has 22 heavy (non-hydrogen) atoms. The van der Waals surface area contributed by atoms with Gasteiger partial charge in [-0.3, -0.25) is 4.99 Å². The number of guanidine groups is 1. The molecule has 1 aromatic rings. The molecule has 0 aliphatic carbocycles. The molecule has 0 saturated heterocycles. The Bertz CT molecular complexity index is 480. The largest absolute Gasteiger partial charge is 0.493 e. The lowest BCUT2D eigenvalue weighted by atomic mass is 10.2. The van der Waals surface area contributed by atoms with E-state index in [1.54, 1.807) is 14.2 Å². The predicted octanol–water partition coefficient (Wildman–Crippen LogP) is 2.62. The number of benzene rings is 1. The van der Waals surface area contributed by atoms with Crippen molar-refractivity contribution in [3.8, 4) is 5.75 Å². The minimum absolute atomic E-state index is 0.212. The van der Waals surface area contributed by atoms with Crippen molar-refractivity contribution in [1.82, 2.24) is 10.6 Å². The quantitative estimate of drug-likeness (QED) is 0.438. The fourth-order valence-electron chi connectivity index (χ4n) is 1.96. The van der Waals surface area contributed by atoms with Gasteiger partial charge in [0, 0.05) is 31.8 Å². The summed E-state index contributed by atoms with van der Waals surface area (Å²) >= 11 is 5.92. The second kappa shape index (κ2) is 10.3. The van der Waals surface area contributed by atoms with E-state index in [4.69, 9.17) is 21.1 Å². The number of halogens is 1. The van der Waals surface area contributed by atoms with E-state index in [2.05, 4.69) is 15.6 Å². The first-order valence-corrected chi connectivity index (χ1v) is 7.79. The number of hydrogen-bond donors (Lipinski definition) is 2. The molecule has 0 radical (unpaired) electrons. The highest BCUT2D eigenvalue weighted by molar-refractivity contribution is 6.30. The lowest BCUT2D eigenvalue weighted by Gasteiger charge is -2.17. The highest BCUT2D eigenvalue weighted by Gasteiger charge is 2.04. The number of nitrogens with zero attached hydrogens (tertiary/aromatic N) is 1. The molecular formula is C16H26ClN3O2. The second-order valence-corrected chi connectivity index (χ2v) is 5.55. The van der Waals surface area contributed by atoms with E-state index in [1.165, 1.54) is 0 Å². The molecular weight excluding hydrogens is 302 g/mol. The molecule has 0 fully saturated rings. The van der Waals surface area contributed by atoms with Gasteiger partial charge < -0.3 is 20.1 Å². The van der Waals surface area contributed by atoms with Crippen LogP contribution in [0.3, 0.4) is 0 Å². The summed E-state index contributed by atoms with van der Waals surface area (Å²) in [7, 11) is 3.44. The number of aliphatic imine (C=N–C) groups is 1. The molecule has 0 aliphatic heterocycles. The lowest BCUT2D eigenvalue weighted by molar-refractivity contribution is 0.179. The highest BCUT2D eigenvalue weighted by atomic mass is 35.5. The van der Waals surface area contributed by atoms with Crippen LogP contribution in [0.2, 0.25) is 5.02 Å². The Morgan fingerprint density at radius 3 is 2.82 bits per heavy atom. The Morgan fingerprint density at radius 1 is 1.41 bits per heavy atom. The summed E-state index contributed by atoms with van der Waals surface area (Å²) in [5.41, 5.74) is 1.05. The monoisotopic (exact) mass is 327 g/mol. The Labute approximate surface area is 138 Å². The van der Waals surface area contributed by atoms with E-state index in [1.807, 2.05) is 32.0 Å². The van der Waals surface area contributed by atoms with Gasteiger partial charge in [-0.1, -0.05) is 11.6 Å². The van der Waals surface area contributed by atoms with E-state index in [0.29, 0.717) is 13.2 Å². The fourth-order valence-corrected chi connectivity index (χ4v) is 2.18. The summed E-state index contributed by atoms with van der Waals surface area (Å²) in [6.45, 7) is 6.09. The van der Waals surface area contributed by atoms with E-state index in [9.17, 15) is 0 Å². The number of rotatable bonds is 8. The van der Waals surface area contributed by atoms with Gasteiger partial charge in [0.15, 0.2) is 5.96 Å². The summed E-state index contributed by atoms with van der Waals surface area (Å²) in [5, 5.41) is 7.23. The first-order chi connectivity index (χ1) is 10.6. The normalized spacial score (nSPS) is 12.9. The van der Waals surface area contributed by atoms with Crippen molar-refractivity contribution in [2.75, 3.05) is 33.9 Å². The molecule has 0 bridgehead atoms. The first kappa shape index (κ1) is 18.6. The van der Waals surface area contributed by atoms with E-state index >= 15 is 0 Å². The molecule has 1 aromatic carbocycles. The molecule has 1 rings (SSSR count). The van der Waals surface area contributed by atoms with Crippen LogP contribution in [0.4, 0.5) is 0 Å². The molecule has 1 atom stereocenters. The Morgan fingerprint density at radius 2 is 2.18 bits per heavy atom. The van der Waals surface area contributed by atoms with Crippen molar-refractivity contribution in [1.29, 1.82) is 0 Å². The van der Waals surface area contributed by atoms with Crippen molar-refractivity contribution < 1.29 is 9.47 Å². The van der Waals surface area contributed by atoms with Crippen LogP contribution >= 0.6 is 11.6 Å². The van der Waals surface area contributed by atoms with Crippen LogP contribution in [-0.4, -0.2) is 45.9 Å². The third-order valence-electron chi connectivity index (χ3n) is 3.03. The molecule has 2 N–H and O–H groups in total. The zero-order valence-electron chi connectivity index (χ0n) is 13.8. The Hall–Kier alpha value is -1.46. The molecule has 1 unspecified atom stereocenters. The average molecular weight is 328 g/mol. The molecule has 0 spiro atoms. The van der Waals surface area contributed by atoms with Crippen LogP contribution in [0, 0.1) is 6.92 Å². The SMILES string of the molecule is CN=C(NCCCOc1ccc(Cl)cc1C)NC(C)COC. The van der Waals surface area contributed by atoms with Gasteiger partial charge in [-0.15, -0.1) is 0 Å². The zero-order chi connectivity index (χ0) is 16.4. The summed E-state index contributed by atoms with van der Waals surface area (Å²) in [4.78, 5) is 4.17. The van der Waals surface area contributed by atoms with Crippen LogP contribution in [0.15, 0.2) is 23.2 Å². The molecule has 124 valence electrons. The number of methoxy groups -OCH3 is 1. The second-order valence-electron chi connectivity index (χ2n) is 5.11. The van der Waals surface area contributed by atoms with Crippen molar-refractivity contribution in [3.05, 3.63) is 28.8 Å². The van der Waals surface area contributed by atoms with Crippen molar-refractivity contribution in [2.45, 2.75) is 26.3 Å². The van der Waals surface area contributed by atoms with Crippen LogP contribution in [0.25, 0.3) is 0 Å². The van der Waals surface area contributed by atoms with Gasteiger partial charge in [0.25, 0.3) is 0 Å². The highest BCUT2D eigenvalue weighted by Crippen LogP contribution is 2.21.